The summed E-state index contributed by atoms with van der Waals surface area (Å²) in [6.07, 6.45) is 1.53. The number of aromatic nitrogens is 2. The number of carbonyl (C=O) groups excluding carboxylic acids is 1. The second-order valence-corrected chi connectivity index (χ2v) is 6.55. The molecule has 0 saturated carbocycles. The molecule has 1 aromatic heterocycles. The Morgan fingerprint density at radius 1 is 1.47 bits per heavy atom. The van der Waals surface area contributed by atoms with Gasteiger partial charge in [-0.1, -0.05) is 0 Å². The molecule has 0 atom stereocenters. The fourth-order valence-corrected chi connectivity index (χ4v) is 1.99. The van der Waals surface area contributed by atoms with Gasteiger partial charge in [-0.3, -0.25) is 4.68 Å². The molecule has 0 radical (unpaired) electrons. The highest BCUT2D eigenvalue weighted by Crippen LogP contribution is 2.11. The molecular weight excluding hydrogens is 270 g/mol. The first kappa shape index (κ1) is 15.4. The molecule has 108 valence electrons. The van der Waals surface area contributed by atoms with Crippen LogP contribution in [0.5, 0.6) is 0 Å². The van der Waals surface area contributed by atoms with Gasteiger partial charge < -0.3 is 10.6 Å². The highest BCUT2D eigenvalue weighted by atomic mass is 32.2. The number of rotatable bonds is 5. The van der Waals surface area contributed by atoms with Crippen LogP contribution in [0.3, 0.4) is 0 Å². The third-order valence-corrected chi connectivity index (χ3v) is 4.52. The van der Waals surface area contributed by atoms with E-state index < -0.39 is 16.1 Å². The van der Waals surface area contributed by atoms with Crippen LogP contribution in [0.2, 0.25) is 0 Å². The molecule has 0 aliphatic carbocycles. The van der Waals surface area contributed by atoms with Gasteiger partial charge >= 0.3 is 6.03 Å². The maximum absolute atomic E-state index is 11.6. The van der Waals surface area contributed by atoms with Crippen molar-refractivity contribution in [1.29, 1.82) is 0 Å². The molecule has 0 aliphatic heterocycles. The fraction of sp³-hybridized carbons (Fsp3) is 0.600. The average Bonchev–Trinajstić information content (AvgIpc) is 2.60. The van der Waals surface area contributed by atoms with Gasteiger partial charge in [0.2, 0.25) is 10.0 Å². The molecular formula is C10H19N5O3S. The second kappa shape index (κ2) is 6.02. The Labute approximate surface area is 112 Å². The first-order chi connectivity index (χ1) is 8.74. The van der Waals surface area contributed by atoms with Crippen molar-refractivity contribution >= 4 is 21.7 Å². The zero-order chi connectivity index (χ0) is 14.6. The van der Waals surface area contributed by atoms with Gasteiger partial charge in [-0.05, 0) is 6.92 Å². The maximum Gasteiger partial charge on any atom is 0.319 e. The SMILES string of the molecule is Cc1c(NC(=O)NCCS(=O)(=O)N(C)C)cnn1C. The number of nitrogens with one attached hydrogen (secondary N) is 2. The van der Waals surface area contributed by atoms with E-state index in [4.69, 9.17) is 0 Å². The minimum Gasteiger partial charge on any atom is -0.337 e. The number of urea groups is 1. The third-order valence-electron chi connectivity index (χ3n) is 2.69. The number of hydrogen-bond donors (Lipinski definition) is 2. The number of carbonyl (C=O) groups is 1. The fourth-order valence-electron chi connectivity index (χ4n) is 1.26. The highest BCUT2D eigenvalue weighted by molar-refractivity contribution is 7.89. The van der Waals surface area contributed by atoms with Gasteiger partial charge in [-0.2, -0.15) is 5.10 Å². The molecule has 2 N–H and O–H groups in total. The molecule has 9 heteroatoms. The standard InChI is InChI=1S/C10H19N5O3S/c1-8-9(7-12-15(8)4)13-10(16)11-5-6-19(17,18)14(2)3/h7H,5-6H2,1-4H3,(H2,11,13,16). The maximum atomic E-state index is 11.6. The van der Waals surface area contributed by atoms with Crippen LogP contribution in [0.1, 0.15) is 5.69 Å². The molecule has 19 heavy (non-hydrogen) atoms. The number of nitrogens with zero attached hydrogens (tertiary/aromatic N) is 3. The van der Waals surface area contributed by atoms with E-state index in [1.54, 1.807) is 11.7 Å². The van der Waals surface area contributed by atoms with Gasteiger partial charge in [0.1, 0.15) is 0 Å². The quantitative estimate of drug-likeness (QED) is 0.780. The van der Waals surface area contributed by atoms with Crippen LogP contribution in [0, 0.1) is 6.92 Å². The van der Waals surface area contributed by atoms with Gasteiger partial charge in [0.25, 0.3) is 0 Å². The Bertz CT molecular complexity index is 550. The Morgan fingerprint density at radius 3 is 2.58 bits per heavy atom. The minimum atomic E-state index is -3.30. The van der Waals surface area contributed by atoms with Crippen molar-refractivity contribution in [3.63, 3.8) is 0 Å². The van der Waals surface area contributed by atoms with Gasteiger partial charge in [0.05, 0.1) is 23.3 Å². The normalized spacial score (nSPS) is 11.6. The summed E-state index contributed by atoms with van der Waals surface area (Å²) in [5.74, 6) is -0.139. The van der Waals surface area contributed by atoms with Crippen molar-refractivity contribution in [2.45, 2.75) is 6.92 Å². The Morgan fingerprint density at radius 2 is 2.11 bits per heavy atom. The van der Waals surface area contributed by atoms with Crippen molar-refractivity contribution in [3.8, 4) is 0 Å². The summed E-state index contributed by atoms with van der Waals surface area (Å²) in [4.78, 5) is 11.6. The minimum absolute atomic E-state index is 0.0473. The van der Waals surface area contributed by atoms with Gasteiger partial charge in [0, 0.05) is 27.7 Å². The van der Waals surface area contributed by atoms with E-state index in [-0.39, 0.29) is 12.3 Å². The number of amides is 2. The van der Waals surface area contributed by atoms with Crippen molar-refractivity contribution in [1.82, 2.24) is 19.4 Å². The van der Waals surface area contributed by atoms with E-state index >= 15 is 0 Å². The molecule has 1 aromatic rings. The van der Waals surface area contributed by atoms with Gasteiger partial charge in [0.15, 0.2) is 0 Å². The summed E-state index contributed by atoms with van der Waals surface area (Å²) in [6.45, 7) is 1.87. The molecule has 0 saturated heterocycles. The van der Waals surface area contributed by atoms with E-state index in [0.29, 0.717) is 5.69 Å². The van der Waals surface area contributed by atoms with Crippen LogP contribution in [0.15, 0.2) is 6.20 Å². The molecule has 0 unspecified atom stereocenters. The predicted molar refractivity (Wildman–Crippen MR) is 72.4 cm³/mol. The Balaban J connectivity index is 2.43. The van der Waals surface area contributed by atoms with Crippen LogP contribution in [0.25, 0.3) is 0 Å². The summed E-state index contributed by atoms with van der Waals surface area (Å²) in [5.41, 5.74) is 1.41. The molecule has 1 heterocycles. The number of aryl methyl sites for hydroxylation is 1. The van der Waals surface area contributed by atoms with E-state index in [9.17, 15) is 13.2 Å². The van der Waals surface area contributed by atoms with Gasteiger partial charge in [-0.25, -0.2) is 17.5 Å². The van der Waals surface area contributed by atoms with E-state index in [2.05, 4.69) is 15.7 Å². The Kier molecular flexibility index (Phi) is 4.90. The summed E-state index contributed by atoms with van der Waals surface area (Å²) in [6, 6.07) is -0.454. The van der Waals surface area contributed by atoms with E-state index in [1.165, 1.54) is 20.3 Å². The van der Waals surface area contributed by atoms with Crippen LogP contribution in [-0.2, 0) is 17.1 Å². The largest absolute Gasteiger partial charge is 0.337 e. The highest BCUT2D eigenvalue weighted by Gasteiger charge is 2.14. The monoisotopic (exact) mass is 289 g/mol. The lowest BCUT2D eigenvalue weighted by Gasteiger charge is -2.11. The average molecular weight is 289 g/mol. The molecule has 0 fully saturated rings. The topological polar surface area (TPSA) is 96.3 Å². The molecule has 1 rings (SSSR count). The van der Waals surface area contributed by atoms with Gasteiger partial charge in [-0.15, -0.1) is 0 Å². The van der Waals surface area contributed by atoms with E-state index in [1.807, 2.05) is 6.92 Å². The van der Waals surface area contributed by atoms with Crippen molar-refractivity contribution in [2.24, 2.45) is 7.05 Å². The number of hydrogen-bond acceptors (Lipinski definition) is 4. The molecule has 0 bridgehead atoms. The first-order valence-electron chi connectivity index (χ1n) is 5.67. The molecule has 2 amide bonds. The summed E-state index contributed by atoms with van der Waals surface area (Å²) in [5, 5.41) is 9.07. The zero-order valence-corrected chi connectivity index (χ0v) is 12.3. The third kappa shape index (κ3) is 4.21. The van der Waals surface area contributed by atoms with Crippen LogP contribution in [-0.4, -0.2) is 54.9 Å². The first-order valence-corrected chi connectivity index (χ1v) is 7.28. The van der Waals surface area contributed by atoms with Crippen LogP contribution < -0.4 is 10.6 Å². The van der Waals surface area contributed by atoms with E-state index in [0.717, 1.165) is 10.00 Å². The van der Waals surface area contributed by atoms with Crippen LogP contribution in [0.4, 0.5) is 10.5 Å². The molecule has 0 aromatic carbocycles. The summed E-state index contributed by atoms with van der Waals surface area (Å²) < 4.78 is 25.7. The smallest absolute Gasteiger partial charge is 0.319 e. The zero-order valence-electron chi connectivity index (χ0n) is 11.5. The predicted octanol–water partition coefficient (Wildman–Crippen LogP) is -0.259. The number of sulfonamides is 1. The molecule has 0 aliphatic rings. The molecule has 0 spiro atoms. The second-order valence-electron chi connectivity index (χ2n) is 4.25. The van der Waals surface area contributed by atoms with Crippen molar-refractivity contribution in [2.75, 3.05) is 31.7 Å². The number of anilines is 1. The lowest BCUT2D eigenvalue weighted by atomic mass is 10.4. The Hall–Kier alpha value is -1.61. The van der Waals surface area contributed by atoms with Crippen molar-refractivity contribution in [3.05, 3.63) is 11.9 Å². The molecule has 8 nitrogen and oxygen atoms in total. The van der Waals surface area contributed by atoms with Crippen molar-refractivity contribution < 1.29 is 13.2 Å². The summed E-state index contributed by atoms with van der Waals surface area (Å²) >= 11 is 0. The van der Waals surface area contributed by atoms with Crippen LogP contribution >= 0.6 is 0 Å². The summed E-state index contributed by atoms with van der Waals surface area (Å²) in [7, 11) is 1.38. The lowest BCUT2D eigenvalue weighted by molar-refractivity contribution is 0.252. The lowest BCUT2D eigenvalue weighted by Crippen LogP contribution is -2.36.